The van der Waals surface area contributed by atoms with E-state index in [0.717, 1.165) is 0 Å². The first-order chi connectivity index (χ1) is 14.2. The van der Waals surface area contributed by atoms with Crippen LogP contribution in [0.1, 0.15) is 64.3 Å². The van der Waals surface area contributed by atoms with Gasteiger partial charge in [-0.25, -0.2) is 0 Å². The van der Waals surface area contributed by atoms with Crippen LogP contribution in [0.2, 0.25) is 0 Å². The Bertz CT molecular complexity index is 833. The maximum absolute atomic E-state index is 12.6. The highest BCUT2D eigenvalue weighted by molar-refractivity contribution is 6.04. The first-order valence-electron chi connectivity index (χ1n) is 10.6. The van der Waals surface area contributed by atoms with Crippen LogP contribution < -0.4 is 5.32 Å². The SMILES string of the molecule is O=C(Nc1ccc(C(=O)N2CCOCC2)cc1)c1ccc(C2CCCCC2)cc1. The third-order valence-electron chi connectivity index (χ3n) is 5.94. The molecule has 0 spiro atoms. The van der Waals surface area contributed by atoms with Crippen molar-refractivity contribution in [3.63, 3.8) is 0 Å². The lowest BCUT2D eigenvalue weighted by Gasteiger charge is -2.26. The topological polar surface area (TPSA) is 58.6 Å². The number of nitrogens with one attached hydrogen (secondary N) is 1. The lowest BCUT2D eigenvalue weighted by atomic mass is 9.84. The number of hydrogen-bond donors (Lipinski definition) is 1. The van der Waals surface area contributed by atoms with Crippen molar-refractivity contribution in [3.8, 4) is 0 Å². The zero-order valence-electron chi connectivity index (χ0n) is 16.7. The molecule has 1 N–H and O–H groups in total. The Labute approximate surface area is 172 Å². The molecule has 152 valence electrons. The zero-order valence-corrected chi connectivity index (χ0v) is 16.7. The standard InChI is InChI=1S/C24H28N2O3/c27-23(20-8-6-19(7-9-20)18-4-2-1-3-5-18)25-22-12-10-21(11-13-22)24(28)26-14-16-29-17-15-26/h6-13,18H,1-5,14-17H2,(H,25,27). The molecule has 1 saturated carbocycles. The highest BCUT2D eigenvalue weighted by atomic mass is 16.5. The second kappa shape index (κ2) is 9.23. The van der Waals surface area contributed by atoms with E-state index in [9.17, 15) is 9.59 Å². The molecule has 1 aliphatic carbocycles. The van der Waals surface area contributed by atoms with Crippen LogP contribution in [-0.4, -0.2) is 43.0 Å². The number of morpholine rings is 1. The smallest absolute Gasteiger partial charge is 0.255 e. The monoisotopic (exact) mass is 392 g/mol. The van der Waals surface area contributed by atoms with E-state index in [1.165, 1.54) is 37.7 Å². The van der Waals surface area contributed by atoms with E-state index < -0.39 is 0 Å². The molecule has 1 heterocycles. The number of carbonyl (C=O) groups is 2. The van der Waals surface area contributed by atoms with Gasteiger partial charge in [0.15, 0.2) is 0 Å². The van der Waals surface area contributed by atoms with Gasteiger partial charge >= 0.3 is 0 Å². The Balaban J connectivity index is 1.36. The number of anilines is 1. The molecule has 2 aliphatic rings. The number of carbonyl (C=O) groups excluding carboxylic acids is 2. The molecule has 0 unspecified atom stereocenters. The van der Waals surface area contributed by atoms with Gasteiger partial charge in [-0.3, -0.25) is 9.59 Å². The summed E-state index contributed by atoms with van der Waals surface area (Å²) in [5.74, 6) is 0.509. The molecule has 2 fully saturated rings. The molecule has 2 aromatic carbocycles. The lowest BCUT2D eigenvalue weighted by molar-refractivity contribution is 0.0303. The summed E-state index contributed by atoms with van der Waals surface area (Å²) in [5, 5.41) is 2.92. The van der Waals surface area contributed by atoms with Crippen molar-refractivity contribution in [2.75, 3.05) is 31.6 Å². The summed E-state index contributed by atoms with van der Waals surface area (Å²) < 4.78 is 5.29. The molecule has 1 saturated heterocycles. The van der Waals surface area contributed by atoms with Crippen LogP contribution in [0.5, 0.6) is 0 Å². The number of amides is 2. The molecule has 1 aliphatic heterocycles. The van der Waals surface area contributed by atoms with E-state index in [1.807, 2.05) is 12.1 Å². The maximum atomic E-state index is 12.6. The molecule has 0 atom stereocenters. The summed E-state index contributed by atoms with van der Waals surface area (Å²) in [6, 6.07) is 15.1. The van der Waals surface area contributed by atoms with Crippen molar-refractivity contribution in [3.05, 3.63) is 65.2 Å². The minimum atomic E-state index is -0.132. The van der Waals surface area contributed by atoms with E-state index in [2.05, 4.69) is 17.4 Å². The van der Waals surface area contributed by atoms with Crippen LogP contribution in [0.3, 0.4) is 0 Å². The Morgan fingerprint density at radius 2 is 1.45 bits per heavy atom. The molecule has 0 radical (unpaired) electrons. The molecule has 29 heavy (non-hydrogen) atoms. The van der Waals surface area contributed by atoms with Gasteiger partial charge in [-0.15, -0.1) is 0 Å². The van der Waals surface area contributed by atoms with E-state index in [1.54, 1.807) is 29.2 Å². The fraction of sp³-hybridized carbons (Fsp3) is 0.417. The second-order valence-electron chi connectivity index (χ2n) is 7.89. The molecular weight excluding hydrogens is 364 g/mol. The van der Waals surface area contributed by atoms with Crippen molar-refractivity contribution in [1.29, 1.82) is 0 Å². The average Bonchev–Trinajstić information content (AvgIpc) is 2.80. The fourth-order valence-electron chi connectivity index (χ4n) is 4.19. The van der Waals surface area contributed by atoms with Gasteiger partial charge in [0.2, 0.25) is 0 Å². The fourth-order valence-corrected chi connectivity index (χ4v) is 4.19. The molecule has 2 amide bonds. The summed E-state index contributed by atoms with van der Waals surface area (Å²) in [7, 11) is 0. The lowest BCUT2D eigenvalue weighted by Crippen LogP contribution is -2.40. The predicted octanol–water partition coefficient (Wildman–Crippen LogP) is 4.46. The highest BCUT2D eigenvalue weighted by Gasteiger charge is 2.19. The van der Waals surface area contributed by atoms with Crippen molar-refractivity contribution < 1.29 is 14.3 Å². The third-order valence-corrected chi connectivity index (χ3v) is 5.94. The summed E-state index contributed by atoms with van der Waals surface area (Å²) in [4.78, 5) is 26.9. The van der Waals surface area contributed by atoms with Gasteiger partial charge in [-0.2, -0.15) is 0 Å². The molecule has 0 bridgehead atoms. The summed E-state index contributed by atoms with van der Waals surface area (Å²) in [6.07, 6.45) is 6.45. The molecule has 5 nitrogen and oxygen atoms in total. The predicted molar refractivity (Wildman–Crippen MR) is 113 cm³/mol. The number of ether oxygens (including phenoxy) is 1. The van der Waals surface area contributed by atoms with Crippen LogP contribution in [0.4, 0.5) is 5.69 Å². The minimum Gasteiger partial charge on any atom is -0.378 e. The van der Waals surface area contributed by atoms with Gasteiger partial charge in [0.25, 0.3) is 11.8 Å². The van der Waals surface area contributed by atoms with Gasteiger partial charge in [-0.05, 0) is 60.7 Å². The quantitative estimate of drug-likeness (QED) is 0.836. The summed E-state index contributed by atoms with van der Waals surface area (Å²) >= 11 is 0. The number of benzene rings is 2. The van der Waals surface area contributed by atoms with Gasteiger partial charge in [0, 0.05) is 29.9 Å². The minimum absolute atomic E-state index is 0.00415. The van der Waals surface area contributed by atoms with Crippen LogP contribution in [0.25, 0.3) is 0 Å². The van der Waals surface area contributed by atoms with Gasteiger partial charge in [0.05, 0.1) is 13.2 Å². The summed E-state index contributed by atoms with van der Waals surface area (Å²) in [6.45, 7) is 2.40. The van der Waals surface area contributed by atoms with Gasteiger partial charge < -0.3 is 15.0 Å². The van der Waals surface area contributed by atoms with Crippen molar-refractivity contribution in [1.82, 2.24) is 4.90 Å². The second-order valence-corrected chi connectivity index (χ2v) is 7.89. The average molecular weight is 392 g/mol. The van der Waals surface area contributed by atoms with E-state index in [-0.39, 0.29) is 11.8 Å². The summed E-state index contributed by atoms with van der Waals surface area (Å²) in [5.41, 5.74) is 3.30. The molecule has 0 aromatic heterocycles. The number of hydrogen-bond acceptors (Lipinski definition) is 3. The Morgan fingerprint density at radius 1 is 0.828 bits per heavy atom. The number of nitrogens with zero attached hydrogens (tertiary/aromatic N) is 1. The van der Waals surface area contributed by atoms with E-state index in [0.29, 0.717) is 49.0 Å². The number of rotatable bonds is 4. The van der Waals surface area contributed by atoms with Crippen LogP contribution in [0, 0.1) is 0 Å². The maximum Gasteiger partial charge on any atom is 0.255 e. The normalized spacial score (nSPS) is 17.7. The van der Waals surface area contributed by atoms with Crippen molar-refractivity contribution in [2.45, 2.75) is 38.0 Å². The Hall–Kier alpha value is -2.66. The van der Waals surface area contributed by atoms with Gasteiger partial charge in [-0.1, -0.05) is 31.4 Å². The Kier molecular flexibility index (Phi) is 6.25. The van der Waals surface area contributed by atoms with E-state index in [4.69, 9.17) is 4.74 Å². The van der Waals surface area contributed by atoms with Crippen molar-refractivity contribution >= 4 is 17.5 Å². The van der Waals surface area contributed by atoms with Crippen LogP contribution in [-0.2, 0) is 4.74 Å². The van der Waals surface area contributed by atoms with E-state index >= 15 is 0 Å². The largest absolute Gasteiger partial charge is 0.378 e. The van der Waals surface area contributed by atoms with Crippen LogP contribution >= 0.6 is 0 Å². The van der Waals surface area contributed by atoms with Crippen molar-refractivity contribution in [2.24, 2.45) is 0 Å². The molecule has 2 aromatic rings. The third kappa shape index (κ3) is 4.85. The molecular formula is C24H28N2O3. The highest BCUT2D eigenvalue weighted by Crippen LogP contribution is 2.32. The van der Waals surface area contributed by atoms with Gasteiger partial charge in [0.1, 0.15) is 0 Å². The first-order valence-corrected chi connectivity index (χ1v) is 10.6. The Morgan fingerprint density at radius 3 is 2.10 bits per heavy atom. The zero-order chi connectivity index (χ0) is 20.1. The molecule has 5 heteroatoms. The molecule has 4 rings (SSSR count). The first kappa shape index (κ1) is 19.6. The van der Waals surface area contributed by atoms with Crippen LogP contribution in [0.15, 0.2) is 48.5 Å².